The fourth-order valence-electron chi connectivity index (χ4n) is 3.65. The lowest BCUT2D eigenvalue weighted by Gasteiger charge is -2.21. The Balaban J connectivity index is 1.82. The molecular weight excluding hydrogens is 538 g/mol. The number of para-hydroxylation sites is 1. The van der Waals surface area contributed by atoms with Gasteiger partial charge in [-0.3, -0.25) is 0 Å². The van der Waals surface area contributed by atoms with Crippen molar-refractivity contribution < 1.29 is 35.8 Å². The summed E-state index contributed by atoms with van der Waals surface area (Å²) in [5, 5.41) is 43.1. The number of rotatable bonds is 12. The first-order valence-corrected chi connectivity index (χ1v) is 12.3. The van der Waals surface area contributed by atoms with Crippen molar-refractivity contribution in [1.29, 1.82) is 5.52 Å². The number of nitrogens with one attached hydrogen (secondary N) is 2. The van der Waals surface area contributed by atoms with Crippen molar-refractivity contribution in [2.45, 2.75) is 23.6 Å². The molecule has 0 aliphatic heterocycles. The molecule has 0 aliphatic rings. The lowest BCUT2D eigenvalue weighted by molar-refractivity contribution is -0.432. The molecule has 0 unspecified atom stereocenters. The molecular formula is C22H21N7O7S2. The number of fused-ring (bicyclic) bond motifs is 1. The molecule has 198 valence electrons. The van der Waals surface area contributed by atoms with E-state index in [4.69, 9.17) is 16.3 Å². The molecule has 1 heterocycles. The highest BCUT2D eigenvalue weighted by molar-refractivity contribution is 7.95. The van der Waals surface area contributed by atoms with E-state index in [1.54, 1.807) is 19.1 Å². The third kappa shape index (κ3) is 5.93. The zero-order valence-corrected chi connectivity index (χ0v) is 21.4. The molecule has 0 bridgehead atoms. The predicted molar refractivity (Wildman–Crippen MR) is 139 cm³/mol. The van der Waals surface area contributed by atoms with Crippen LogP contribution in [0.3, 0.4) is 0 Å². The van der Waals surface area contributed by atoms with E-state index in [-0.39, 0.29) is 27.7 Å². The Morgan fingerprint density at radius 3 is 2.53 bits per heavy atom. The van der Waals surface area contributed by atoms with Crippen LogP contribution in [0.1, 0.15) is 12.7 Å². The number of nitrogens with zero attached hydrogens (tertiary/aromatic N) is 5. The number of aryl methyl sites for hydroxylation is 1. The van der Waals surface area contributed by atoms with E-state index in [1.165, 1.54) is 6.07 Å². The molecule has 4 aromatic rings. The average Bonchev–Trinajstić information content (AvgIpc) is 2.93. The second-order valence-electron chi connectivity index (χ2n) is 7.37. The van der Waals surface area contributed by atoms with Gasteiger partial charge in [-0.2, -0.15) is 20.1 Å². The summed E-state index contributed by atoms with van der Waals surface area (Å²) >= 11 is 1.13. The smallest absolute Gasteiger partial charge is 0.234 e. The monoisotopic (exact) mass is 560 g/mol. The first-order valence-electron chi connectivity index (χ1n) is 11.2. The van der Waals surface area contributed by atoms with Crippen LogP contribution < -0.4 is 10.2 Å². The number of hydrogen-bond donors (Lipinski definition) is 5. The Kier molecular flexibility index (Phi) is 8.74. The number of anilines is 4. The van der Waals surface area contributed by atoms with E-state index in [2.05, 4.69) is 45.3 Å². The standard InChI is InChI=1S/C22H21N7O7S2/c1-3-29(13-7-5-4-6-8-13)22-25-12(2)24-21(27-22)26-16-10-9-14-15(20(16)38-36-34-32)11-17(37-35-33-31)18(28-23)19(14)30/h4-11,23,30-32H,3H2,1-2H3,(H,24,25,26,27)/i/hD. The van der Waals surface area contributed by atoms with Crippen LogP contribution in [-0.2, 0) is 18.7 Å². The second-order valence-corrected chi connectivity index (χ2v) is 8.83. The average molecular weight is 561 g/mol. The molecule has 0 radical (unpaired) electrons. The highest BCUT2D eigenvalue weighted by Gasteiger charge is 2.21. The van der Waals surface area contributed by atoms with Crippen molar-refractivity contribution in [3.05, 3.63) is 54.4 Å². The van der Waals surface area contributed by atoms with Gasteiger partial charge in [0.1, 0.15) is 11.5 Å². The summed E-state index contributed by atoms with van der Waals surface area (Å²) in [7, 11) is 0. The van der Waals surface area contributed by atoms with Crippen molar-refractivity contribution in [1.82, 2.24) is 15.0 Å². The van der Waals surface area contributed by atoms with Crippen molar-refractivity contribution in [2.24, 2.45) is 5.11 Å². The summed E-state index contributed by atoms with van der Waals surface area (Å²) < 4.78 is 16.3. The highest BCUT2D eigenvalue weighted by atomic mass is 32.2. The first-order chi connectivity index (χ1) is 19.0. The quantitative estimate of drug-likeness (QED) is 0.0549. The summed E-state index contributed by atoms with van der Waals surface area (Å²) in [6.07, 6.45) is 0. The third-order valence-electron chi connectivity index (χ3n) is 5.19. The van der Waals surface area contributed by atoms with E-state index < -0.39 is 0 Å². The van der Waals surface area contributed by atoms with E-state index in [0.29, 0.717) is 58.4 Å². The molecule has 14 nitrogen and oxygen atoms in total. The maximum absolute atomic E-state index is 10.9. The van der Waals surface area contributed by atoms with Crippen molar-refractivity contribution in [2.75, 3.05) is 16.8 Å². The second kappa shape index (κ2) is 12.8. The highest BCUT2D eigenvalue weighted by Crippen LogP contribution is 2.47. The zero-order chi connectivity index (χ0) is 27.8. The van der Waals surface area contributed by atoms with E-state index in [1.807, 2.05) is 42.2 Å². The van der Waals surface area contributed by atoms with Gasteiger partial charge in [0.05, 0.1) is 39.6 Å². The molecule has 0 saturated heterocycles. The Hall–Kier alpha value is -3.61. The van der Waals surface area contributed by atoms with Gasteiger partial charge in [-0.1, -0.05) is 28.3 Å². The van der Waals surface area contributed by atoms with Crippen LogP contribution in [0, 0.1) is 12.4 Å². The fourth-order valence-corrected chi connectivity index (χ4v) is 4.71. The van der Waals surface area contributed by atoms with Crippen LogP contribution in [0.5, 0.6) is 5.75 Å². The van der Waals surface area contributed by atoms with Crippen LogP contribution >= 0.6 is 24.1 Å². The van der Waals surface area contributed by atoms with E-state index in [9.17, 15) is 5.11 Å². The number of hydrogen-bond acceptors (Lipinski definition) is 16. The van der Waals surface area contributed by atoms with E-state index >= 15 is 0 Å². The molecule has 0 fully saturated rings. The first kappa shape index (κ1) is 26.0. The Bertz CT molecular complexity index is 1470. The Morgan fingerprint density at radius 1 is 1.05 bits per heavy atom. The van der Waals surface area contributed by atoms with Crippen molar-refractivity contribution in [3.63, 3.8) is 0 Å². The van der Waals surface area contributed by atoms with Crippen molar-refractivity contribution in [3.8, 4) is 5.75 Å². The van der Waals surface area contributed by atoms with Crippen LogP contribution in [0.4, 0.5) is 29.0 Å². The molecule has 3 aromatic carbocycles. The lowest BCUT2D eigenvalue weighted by Crippen LogP contribution is -2.20. The van der Waals surface area contributed by atoms with Gasteiger partial charge in [-0.05, 0) is 44.2 Å². The topological polar surface area (TPSA) is 188 Å². The predicted octanol–water partition coefficient (Wildman–Crippen LogP) is 6.46. The minimum atomic E-state index is -0.342. The van der Waals surface area contributed by atoms with Gasteiger partial charge >= 0.3 is 0 Å². The number of aromatic nitrogens is 3. The maximum atomic E-state index is 10.9. The largest absolute Gasteiger partial charge is 0.505 e. The van der Waals surface area contributed by atoms with Gasteiger partial charge in [0.15, 0.2) is 5.75 Å². The molecule has 16 heteroatoms. The van der Waals surface area contributed by atoms with Crippen molar-refractivity contribution >= 4 is 63.8 Å². The minimum Gasteiger partial charge on any atom is -0.505 e. The minimum absolute atomic E-state index is 0.103. The Labute approximate surface area is 225 Å². The van der Waals surface area contributed by atoms with E-state index in [0.717, 1.165) is 5.69 Å². The normalized spacial score (nSPS) is 11.7. The molecule has 0 atom stereocenters. The number of phenolic OH excluding ortho intramolecular Hbond substituents is 1. The van der Waals surface area contributed by atoms with Gasteiger partial charge in [-0.15, -0.1) is 8.67 Å². The fraction of sp³-hybridized carbons (Fsp3) is 0.136. The zero-order valence-electron chi connectivity index (χ0n) is 20.8. The maximum Gasteiger partial charge on any atom is 0.234 e. The van der Waals surface area contributed by atoms with Gasteiger partial charge in [0.25, 0.3) is 0 Å². The lowest BCUT2D eigenvalue weighted by atomic mass is 10.1. The number of aromatic hydroxyl groups is 1. The molecule has 0 amide bonds. The number of benzene rings is 3. The summed E-state index contributed by atoms with van der Waals surface area (Å²) in [5.41, 5.74) is 4.18. The Morgan fingerprint density at radius 2 is 1.82 bits per heavy atom. The number of phenols is 1. The van der Waals surface area contributed by atoms with Gasteiger partial charge in [-0.25, -0.2) is 16.0 Å². The van der Waals surface area contributed by atoms with Crippen LogP contribution in [0.25, 0.3) is 10.8 Å². The van der Waals surface area contributed by atoms with Crippen LogP contribution in [-0.4, -0.2) is 37.1 Å². The van der Waals surface area contributed by atoms with Gasteiger partial charge < -0.3 is 15.3 Å². The van der Waals surface area contributed by atoms with Gasteiger partial charge in [0.2, 0.25) is 13.3 Å². The summed E-state index contributed by atoms with van der Waals surface area (Å²) in [5.74, 6) is 0.760. The molecule has 0 spiro atoms. The van der Waals surface area contributed by atoms with Crippen LogP contribution in [0.2, 0.25) is 1.41 Å². The summed E-state index contributed by atoms with van der Waals surface area (Å²) in [4.78, 5) is 15.9. The molecule has 0 aliphatic carbocycles. The summed E-state index contributed by atoms with van der Waals surface area (Å²) in [6.45, 7) is 4.32. The molecule has 0 saturated carbocycles. The van der Waals surface area contributed by atoms with Gasteiger partial charge in [0, 0.05) is 23.0 Å². The molecule has 4 rings (SSSR count). The molecule has 5 N–H and O–H groups in total. The van der Waals surface area contributed by atoms with Crippen LogP contribution in [0.15, 0.2) is 63.4 Å². The summed E-state index contributed by atoms with van der Waals surface area (Å²) in [6, 6.07) is 14.4. The molecule has 1 aromatic heterocycles. The SMILES string of the molecule is [2H]N=Nc1c(SOOO)cc2c(SOOO)c(Nc3nc(C)nc(N(CC)c4ccccc4)n3)ccc2c1O. The third-order valence-corrected chi connectivity index (χ3v) is 6.55. The molecule has 38 heavy (non-hydrogen) atoms.